The molecule has 0 spiro atoms. The molecule has 1 unspecified atom stereocenters. The molecular weight excluding hydrogens is 425 g/mol. The number of rotatable bonds is 8. The van der Waals surface area contributed by atoms with E-state index in [9.17, 15) is 18.8 Å². The summed E-state index contributed by atoms with van der Waals surface area (Å²) in [7, 11) is 1.53. The maximum atomic E-state index is 14.1. The Hall–Kier alpha value is -3.26. The summed E-state index contributed by atoms with van der Waals surface area (Å²) in [5.41, 5.74) is 1.60. The predicted octanol–water partition coefficient (Wildman–Crippen LogP) is 2.55. The molecule has 176 valence electrons. The number of carbonyl (C=O) groups is 3. The molecule has 33 heavy (non-hydrogen) atoms. The lowest BCUT2D eigenvalue weighted by Crippen LogP contribution is -2.54. The molecule has 2 N–H and O–H groups in total. The van der Waals surface area contributed by atoms with E-state index in [1.807, 2.05) is 31.2 Å². The van der Waals surface area contributed by atoms with Crippen LogP contribution in [0.3, 0.4) is 0 Å². The number of likely N-dealkylation sites (tertiary alicyclic amines) is 1. The lowest BCUT2D eigenvalue weighted by molar-refractivity contribution is -0.124. The Morgan fingerprint density at radius 1 is 1.09 bits per heavy atom. The van der Waals surface area contributed by atoms with Crippen LogP contribution in [0.2, 0.25) is 0 Å². The molecule has 1 aliphatic rings. The highest BCUT2D eigenvalue weighted by molar-refractivity contribution is 5.98. The first kappa shape index (κ1) is 24.4. The van der Waals surface area contributed by atoms with Crippen molar-refractivity contribution in [2.75, 3.05) is 33.4 Å². The number of hydrogen-bond acceptors (Lipinski definition) is 4. The van der Waals surface area contributed by atoms with Gasteiger partial charge in [-0.1, -0.05) is 29.8 Å². The Balaban J connectivity index is 1.68. The Kier molecular flexibility index (Phi) is 8.54. The van der Waals surface area contributed by atoms with Crippen molar-refractivity contribution >= 4 is 17.7 Å². The number of methoxy groups -OCH3 is 1. The average Bonchev–Trinajstić information content (AvgIpc) is 2.83. The number of piperidine rings is 1. The largest absolute Gasteiger partial charge is 0.383 e. The fourth-order valence-electron chi connectivity index (χ4n) is 3.96. The third kappa shape index (κ3) is 6.38. The summed E-state index contributed by atoms with van der Waals surface area (Å²) >= 11 is 0. The fourth-order valence-corrected chi connectivity index (χ4v) is 3.96. The zero-order valence-electron chi connectivity index (χ0n) is 19.0. The van der Waals surface area contributed by atoms with Crippen molar-refractivity contribution in [1.29, 1.82) is 0 Å². The van der Waals surface area contributed by atoms with E-state index in [4.69, 9.17) is 4.74 Å². The molecule has 8 heteroatoms. The lowest BCUT2D eigenvalue weighted by atomic mass is 9.88. The van der Waals surface area contributed by atoms with Gasteiger partial charge in [0.15, 0.2) is 0 Å². The summed E-state index contributed by atoms with van der Waals surface area (Å²) in [6.07, 6.45) is 1.08. The minimum absolute atomic E-state index is 0.0510. The van der Waals surface area contributed by atoms with Crippen LogP contribution in [0, 0.1) is 18.7 Å². The molecule has 1 fully saturated rings. The summed E-state index contributed by atoms with van der Waals surface area (Å²) in [5, 5.41) is 5.48. The van der Waals surface area contributed by atoms with E-state index in [-0.39, 0.29) is 23.3 Å². The van der Waals surface area contributed by atoms with E-state index < -0.39 is 17.8 Å². The molecule has 2 aromatic carbocycles. The number of nitrogens with zero attached hydrogens (tertiary/aromatic N) is 1. The van der Waals surface area contributed by atoms with Gasteiger partial charge in [0.05, 0.1) is 12.2 Å². The number of aryl methyl sites for hydroxylation is 1. The molecule has 0 aromatic heterocycles. The first-order chi connectivity index (χ1) is 15.9. The topological polar surface area (TPSA) is 87.7 Å². The minimum Gasteiger partial charge on any atom is -0.383 e. The van der Waals surface area contributed by atoms with Crippen LogP contribution in [-0.2, 0) is 9.53 Å². The molecule has 0 bridgehead atoms. The van der Waals surface area contributed by atoms with Crippen LogP contribution < -0.4 is 10.6 Å². The van der Waals surface area contributed by atoms with Gasteiger partial charge in [-0.15, -0.1) is 0 Å². The van der Waals surface area contributed by atoms with E-state index in [1.165, 1.54) is 25.3 Å². The summed E-state index contributed by atoms with van der Waals surface area (Å²) in [4.78, 5) is 40.2. The molecular formula is C25H30FN3O4. The van der Waals surface area contributed by atoms with Gasteiger partial charge < -0.3 is 20.3 Å². The zero-order valence-corrected chi connectivity index (χ0v) is 19.0. The van der Waals surface area contributed by atoms with E-state index in [0.717, 1.165) is 5.56 Å². The predicted molar refractivity (Wildman–Crippen MR) is 122 cm³/mol. The summed E-state index contributed by atoms with van der Waals surface area (Å²) in [6.45, 7) is 3.53. The van der Waals surface area contributed by atoms with Crippen LogP contribution in [0.25, 0.3) is 0 Å². The normalized spacial score (nSPS) is 15.1. The van der Waals surface area contributed by atoms with Gasteiger partial charge in [-0.05, 0) is 49.9 Å². The minimum atomic E-state index is -0.842. The zero-order chi connectivity index (χ0) is 23.8. The first-order valence-electron chi connectivity index (χ1n) is 11.1. The van der Waals surface area contributed by atoms with E-state index in [1.54, 1.807) is 11.0 Å². The van der Waals surface area contributed by atoms with Gasteiger partial charge in [0.2, 0.25) is 5.91 Å². The van der Waals surface area contributed by atoms with Gasteiger partial charge >= 0.3 is 0 Å². The SMILES string of the molecule is COCCNC(=O)C(NC(=O)c1ccccc1F)C1CCN(C(=O)c2ccc(C)cc2)CC1. The van der Waals surface area contributed by atoms with Crippen molar-refractivity contribution in [2.24, 2.45) is 5.92 Å². The molecule has 1 aliphatic heterocycles. The van der Waals surface area contributed by atoms with Gasteiger partial charge in [0, 0.05) is 32.3 Å². The van der Waals surface area contributed by atoms with Crippen LogP contribution in [0.1, 0.15) is 39.1 Å². The van der Waals surface area contributed by atoms with E-state index in [2.05, 4.69) is 10.6 Å². The molecule has 3 rings (SSSR count). The van der Waals surface area contributed by atoms with Crippen molar-refractivity contribution in [3.8, 4) is 0 Å². The van der Waals surface area contributed by atoms with Crippen molar-refractivity contribution in [2.45, 2.75) is 25.8 Å². The number of ether oxygens (including phenoxy) is 1. The van der Waals surface area contributed by atoms with Gasteiger partial charge in [0.25, 0.3) is 11.8 Å². The van der Waals surface area contributed by atoms with Gasteiger partial charge in [-0.2, -0.15) is 0 Å². The first-order valence-corrected chi connectivity index (χ1v) is 11.1. The quantitative estimate of drug-likeness (QED) is 0.599. The number of halogens is 1. The lowest BCUT2D eigenvalue weighted by Gasteiger charge is -2.36. The number of nitrogens with one attached hydrogen (secondary N) is 2. The van der Waals surface area contributed by atoms with Crippen LogP contribution in [0.4, 0.5) is 4.39 Å². The second-order valence-electron chi connectivity index (χ2n) is 8.21. The third-order valence-electron chi connectivity index (χ3n) is 5.89. The van der Waals surface area contributed by atoms with Crippen LogP contribution >= 0.6 is 0 Å². The highest BCUT2D eigenvalue weighted by atomic mass is 19.1. The molecule has 3 amide bonds. The molecule has 0 radical (unpaired) electrons. The molecule has 7 nitrogen and oxygen atoms in total. The molecule has 1 atom stereocenters. The van der Waals surface area contributed by atoms with Gasteiger partial charge in [0.1, 0.15) is 11.9 Å². The summed E-state index contributed by atoms with van der Waals surface area (Å²) in [6, 6.07) is 12.2. The molecule has 1 heterocycles. The van der Waals surface area contributed by atoms with Crippen molar-refractivity contribution in [1.82, 2.24) is 15.5 Å². The fraction of sp³-hybridized carbons (Fsp3) is 0.400. The molecule has 0 aliphatic carbocycles. The van der Waals surface area contributed by atoms with Gasteiger partial charge in [-0.25, -0.2) is 4.39 Å². The smallest absolute Gasteiger partial charge is 0.254 e. The number of amides is 3. The van der Waals surface area contributed by atoms with Crippen molar-refractivity contribution in [3.05, 3.63) is 71.0 Å². The Bertz CT molecular complexity index is 972. The van der Waals surface area contributed by atoms with Gasteiger partial charge in [-0.3, -0.25) is 14.4 Å². The highest BCUT2D eigenvalue weighted by Crippen LogP contribution is 2.23. The van der Waals surface area contributed by atoms with Crippen LogP contribution in [0.15, 0.2) is 48.5 Å². The van der Waals surface area contributed by atoms with Crippen LogP contribution in [0.5, 0.6) is 0 Å². The van der Waals surface area contributed by atoms with E-state index in [0.29, 0.717) is 44.6 Å². The second kappa shape index (κ2) is 11.6. The Morgan fingerprint density at radius 2 is 1.76 bits per heavy atom. The monoisotopic (exact) mass is 455 g/mol. The Labute approximate surface area is 193 Å². The standard InChI is InChI=1S/C25H30FN3O4/c1-17-7-9-19(10-8-17)25(32)29-14-11-18(12-15-29)22(24(31)27-13-16-33-2)28-23(30)20-5-3-4-6-21(20)26/h3-10,18,22H,11-16H2,1-2H3,(H,27,31)(H,28,30). The second-order valence-corrected chi connectivity index (χ2v) is 8.21. The Morgan fingerprint density at radius 3 is 2.39 bits per heavy atom. The number of carbonyl (C=O) groups excluding carboxylic acids is 3. The van der Waals surface area contributed by atoms with Crippen molar-refractivity contribution < 1.29 is 23.5 Å². The van der Waals surface area contributed by atoms with E-state index >= 15 is 0 Å². The summed E-state index contributed by atoms with van der Waals surface area (Å²) < 4.78 is 19.1. The molecule has 1 saturated heterocycles. The van der Waals surface area contributed by atoms with Crippen molar-refractivity contribution in [3.63, 3.8) is 0 Å². The average molecular weight is 456 g/mol. The third-order valence-corrected chi connectivity index (χ3v) is 5.89. The van der Waals surface area contributed by atoms with Crippen LogP contribution in [-0.4, -0.2) is 62.0 Å². The number of benzene rings is 2. The molecule has 0 saturated carbocycles. The highest BCUT2D eigenvalue weighted by Gasteiger charge is 2.34. The summed E-state index contributed by atoms with van der Waals surface area (Å²) in [5.74, 6) is -1.87. The maximum Gasteiger partial charge on any atom is 0.254 e. The number of hydrogen-bond donors (Lipinski definition) is 2. The maximum absolute atomic E-state index is 14.1. The molecule has 2 aromatic rings.